The average Bonchev–Trinajstić information content (AvgIpc) is 2.97. The summed E-state index contributed by atoms with van der Waals surface area (Å²) in [6.45, 7) is 0. The van der Waals surface area contributed by atoms with Gasteiger partial charge in [-0.3, -0.25) is 0 Å². The molecule has 0 aliphatic carbocycles. The van der Waals surface area contributed by atoms with Crippen molar-refractivity contribution in [2.24, 2.45) is 0 Å². The van der Waals surface area contributed by atoms with Gasteiger partial charge >= 0.3 is 0 Å². The predicted molar refractivity (Wildman–Crippen MR) is 75.5 cm³/mol. The maximum atomic E-state index is 5.29. The van der Waals surface area contributed by atoms with Crippen molar-refractivity contribution in [1.29, 1.82) is 0 Å². The molecule has 4 heteroatoms. The first-order valence-corrected chi connectivity index (χ1v) is 6.36. The lowest BCUT2D eigenvalue weighted by atomic mass is 10.1. The van der Waals surface area contributed by atoms with E-state index in [4.69, 9.17) is 9.26 Å². The van der Waals surface area contributed by atoms with Crippen molar-refractivity contribution in [2.75, 3.05) is 7.11 Å². The minimum Gasteiger partial charge on any atom is -0.497 e. The van der Waals surface area contributed by atoms with Gasteiger partial charge in [0.25, 0.3) is 0 Å². The highest BCUT2D eigenvalue weighted by Gasteiger charge is 2.09. The number of benzene rings is 2. The van der Waals surface area contributed by atoms with E-state index in [-0.39, 0.29) is 0 Å². The van der Waals surface area contributed by atoms with Crippen LogP contribution in [0.3, 0.4) is 0 Å². The van der Waals surface area contributed by atoms with E-state index in [0.717, 1.165) is 16.9 Å². The molecule has 0 aliphatic heterocycles. The number of rotatable bonds is 4. The molecule has 2 aromatic carbocycles. The van der Waals surface area contributed by atoms with Crippen LogP contribution < -0.4 is 4.74 Å². The molecule has 0 bridgehead atoms. The first kappa shape index (κ1) is 12.4. The van der Waals surface area contributed by atoms with Gasteiger partial charge in [-0.2, -0.15) is 4.98 Å². The van der Waals surface area contributed by atoms with Crippen LogP contribution in [-0.4, -0.2) is 17.3 Å². The van der Waals surface area contributed by atoms with E-state index in [2.05, 4.69) is 10.1 Å². The highest BCUT2D eigenvalue weighted by Crippen LogP contribution is 2.21. The second kappa shape index (κ2) is 5.57. The van der Waals surface area contributed by atoms with Crippen LogP contribution in [0.2, 0.25) is 0 Å². The van der Waals surface area contributed by atoms with Crippen LogP contribution >= 0.6 is 0 Å². The summed E-state index contributed by atoms with van der Waals surface area (Å²) >= 11 is 0. The van der Waals surface area contributed by atoms with Crippen molar-refractivity contribution < 1.29 is 9.26 Å². The van der Waals surface area contributed by atoms with Gasteiger partial charge in [-0.1, -0.05) is 47.6 Å². The van der Waals surface area contributed by atoms with Gasteiger partial charge in [-0.05, 0) is 17.7 Å². The monoisotopic (exact) mass is 266 g/mol. The smallest absolute Gasteiger partial charge is 0.231 e. The molecule has 3 rings (SSSR count). The Hall–Kier alpha value is -2.62. The Kier molecular flexibility index (Phi) is 3.46. The lowest BCUT2D eigenvalue weighted by Crippen LogP contribution is -1.88. The summed E-state index contributed by atoms with van der Waals surface area (Å²) in [4.78, 5) is 4.42. The van der Waals surface area contributed by atoms with Crippen LogP contribution in [0.25, 0.3) is 11.4 Å². The second-order valence-corrected chi connectivity index (χ2v) is 4.41. The molecular weight excluding hydrogens is 252 g/mol. The Balaban J connectivity index is 1.83. The molecule has 4 nitrogen and oxygen atoms in total. The van der Waals surface area contributed by atoms with Gasteiger partial charge in [-0.15, -0.1) is 0 Å². The summed E-state index contributed by atoms with van der Waals surface area (Å²) in [5, 5.41) is 4.02. The Morgan fingerprint density at radius 3 is 2.70 bits per heavy atom. The maximum absolute atomic E-state index is 5.29. The Bertz CT molecular complexity index is 692. The first-order valence-electron chi connectivity index (χ1n) is 6.36. The highest BCUT2D eigenvalue weighted by atomic mass is 16.5. The third-order valence-corrected chi connectivity index (χ3v) is 2.99. The molecule has 0 unspecified atom stereocenters. The number of hydrogen-bond acceptors (Lipinski definition) is 4. The molecule has 0 fully saturated rings. The fourth-order valence-corrected chi connectivity index (χ4v) is 1.98. The normalized spacial score (nSPS) is 10.4. The topological polar surface area (TPSA) is 48.2 Å². The van der Waals surface area contributed by atoms with E-state index in [9.17, 15) is 0 Å². The molecule has 0 radical (unpaired) electrons. The molecule has 0 amide bonds. The molecule has 0 atom stereocenters. The summed E-state index contributed by atoms with van der Waals surface area (Å²) in [6.07, 6.45) is 0.637. The Morgan fingerprint density at radius 1 is 1.05 bits per heavy atom. The number of nitrogens with zero attached hydrogens (tertiary/aromatic N) is 2. The second-order valence-electron chi connectivity index (χ2n) is 4.41. The van der Waals surface area contributed by atoms with Crippen molar-refractivity contribution in [3.8, 4) is 17.1 Å². The fraction of sp³-hybridized carbons (Fsp3) is 0.125. The van der Waals surface area contributed by atoms with Crippen LogP contribution in [0.1, 0.15) is 11.5 Å². The predicted octanol–water partition coefficient (Wildman–Crippen LogP) is 3.34. The van der Waals surface area contributed by atoms with Gasteiger partial charge in [0, 0.05) is 5.56 Å². The number of ether oxygens (including phenoxy) is 1. The molecule has 20 heavy (non-hydrogen) atoms. The molecular formula is C16H14N2O2. The molecule has 100 valence electrons. The third kappa shape index (κ3) is 2.69. The van der Waals surface area contributed by atoms with Gasteiger partial charge in [-0.25, -0.2) is 0 Å². The SMILES string of the molecule is COc1cccc(-c2noc(Cc3ccccc3)n2)c1. The standard InChI is InChI=1S/C16H14N2O2/c1-19-14-9-5-8-13(11-14)16-17-15(20-18-16)10-12-6-3-2-4-7-12/h2-9,11H,10H2,1H3. The average molecular weight is 266 g/mol. The quantitative estimate of drug-likeness (QED) is 0.726. The summed E-state index contributed by atoms with van der Waals surface area (Å²) in [5.74, 6) is 1.96. The molecule has 3 aromatic rings. The summed E-state index contributed by atoms with van der Waals surface area (Å²) < 4.78 is 10.5. The van der Waals surface area contributed by atoms with Crippen molar-refractivity contribution in [3.05, 3.63) is 66.1 Å². The molecule has 0 aliphatic rings. The van der Waals surface area contributed by atoms with E-state index in [0.29, 0.717) is 18.1 Å². The van der Waals surface area contributed by atoms with Crippen LogP contribution in [0, 0.1) is 0 Å². The number of aromatic nitrogens is 2. The lowest BCUT2D eigenvalue weighted by molar-refractivity contribution is 0.385. The van der Waals surface area contributed by atoms with Crippen LogP contribution in [0.15, 0.2) is 59.1 Å². The van der Waals surface area contributed by atoms with Crippen LogP contribution in [0.5, 0.6) is 5.75 Å². The lowest BCUT2D eigenvalue weighted by Gasteiger charge is -1.99. The van der Waals surface area contributed by atoms with Gasteiger partial charge in [0.1, 0.15) is 5.75 Å². The van der Waals surface area contributed by atoms with Crippen LogP contribution in [-0.2, 0) is 6.42 Å². The van der Waals surface area contributed by atoms with E-state index in [1.807, 2.05) is 54.6 Å². The Morgan fingerprint density at radius 2 is 1.90 bits per heavy atom. The third-order valence-electron chi connectivity index (χ3n) is 2.99. The zero-order chi connectivity index (χ0) is 13.8. The zero-order valence-electron chi connectivity index (χ0n) is 11.1. The van der Waals surface area contributed by atoms with Gasteiger partial charge < -0.3 is 9.26 Å². The van der Waals surface area contributed by atoms with E-state index in [1.165, 1.54) is 0 Å². The first-order chi connectivity index (χ1) is 9.85. The fourth-order valence-electron chi connectivity index (χ4n) is 1.98. The summed E-state index contributed by atoms with van der Waals surface area (Å²) in [6, 6.07) is 17.7. The van der Waals surface area contributed by atoms with Crippen molar-refractivity contribution in [1.82, 2.24) is 10.1 Å². The largest absolute Gasteiger partial charge is 0.497 e. The molecule has 0 saturated heterocycles. The molecule has 1 heterocycles. The molecule has 0 saturated carbocycles. The minimum atomic E-state index is 0.579. The summed E-state index contributed by atoms with van der Waals surface area (Å²) in [5.41, 5.74) is 2.03. The van der Waals surface area contributed by atoms with Crippen molar-refractivity contribution >= 4 is 0 Å². The zero-order valence-corrected chi connectivity index (χ0v) is 11.1. The Labute approximate surface area is 117 Å². The van der Waals surface area contributed by atoms with Gasteiger partial charge in [0.2, 0.25) is 11.7 Å². The van der Waals surface area contributed by atoms with Crippen molar-refractivity contribution in [2.45, 2.75) is 6.42 Å². The van der Waals surface area contributed by atoms with Crippen LogP contribution in [0.4, 0.5) is 0 Å². The number of methoxy groups -OCH3 is 1. The van der Waals surface area contributed by atoms with Gasteiger partial charge in [0.05, 0.1) is 13.5 Å². The summed E-state index contributed by atoms with van der Waals surface area (Å²) in [7, 11) is 1.64. The van der Waals surface area contributed by atoms with E-state index >= 15 is 0 Å². The minimum absolute atomic E-state index is 0.579. The highest BCUT2D eigenvalue weighted by molar-refractivity contribution is 5.56. The molecule has 1 aromatic heterocycles. The maximum Gasteiger partial charge on any atom is 0.231 e. The molecule has 0 N–H and O–H groups in total. The van der Waals surface area contributed by atoms with E-state index < -0.39 is 0 Å². The molecule has 0 spiro atoms. The number of hydrogen-bond donors (Lipinski definition) is 0. The van der Waals surface area contributed by atoms with E-state index in [1.54, 1.807) is 7.11 Å². The van der Waals surface area contributed by atoms with Crippen molar-refractivity contribution in [3.63, 3.8) is 0 Å². The van der Waals surface area contributed by atoms with Gasteiger partial charge in [0.15, 0.2) is 0 Å².